The SMILES string of the molecule is COc1ccc(OCc2nnc(SC)n2NC(=O)CSc2nnc(C)n2N)cc1. The Labute approximate surface area is 175 Å². The molecule has 0 aliphatic carbocycles. The number of nitrogens with zero attached hydrogens (tertiary/aromatic N) is 6. The molecule has 29 heavy (non-hydrogen) atoms. The number of nitrogen functional groups attached to an aromatic ring is 1. The summed E-state index contributed by atoms with van der Waals surface area (Å²) in [6.07, 6.45) is 1.84. The van der Waals surface area contributed by atoms with Crippen LogP contribution in [0.2, 0.25) is 0 Å². The molecule has 2 heterocycles. The summed E-state index contributed by atoms with van der Waals surface area (Å²) in [7, 11) is 1.60. The van der Waals surface area contributed by atoms with Gasteiger partial charge in [0.2, 0.25) is 16.2 Å². The highest BCUT2D eigenvalue weighted by Gasteiger charge is 2.16. The lowest BCUT2D eigenvalue weighted by Gasteiger charge is -2.11. The third-order valence-electron chi connectivity index (χ3n) is 3.71. The van der Waals surface area contributed by atoms with Crippen LogP contribution in [0.5, 0.6) is 11.5 Å². The summed E-state index contributed by atoms with van der Waals surface area (Å²) >= 11 is 2.53. The van der Waals surface area contributed by atoms with E-state index in [0.29, 0.717) is 27.7 Å². The fraction of sp³-hybridized carbons (Fsp3) is 0.312. The number of carbonyl (C=O) groups is 1. The zero-order valence-corrected chi connectivity index (χ0v) is 17.7. The van der Waals surface area contributed by atoms with Crippen molar-refractivity contribution in [3.8, 4) is 11.5 Å². The van der Waals surface area contributed by atoms with Crippen LogP contribution in [0, 0.1) is 6.92 Å². The van der Waals surface area contributed by atoms with Crippen molar-refractivity contribution in [2.45, 2.75) is 23.8 Å². The smallest absolute Gasteiger partial charge is 0.249 e. The first kappa shape index (κ1) is 20.8. The molecule has 1 amide bonds. The number of rotatable bonds is 9. The van der Waals surface area contributed by atoms with E-state index in [9.17, 15) is 4.79 Å². The molecule has 0 aliphatic rings. The summed E-state index contributed by atoms with van der Waals surface area (Å²) in [4.78, 5) is 12.4. The first-order valence-corrected chi connectivity index (χ1v) is 10.6. The van der Waals surface area contributed by atoms with Gasteiger partial charge in [-0.3, -0.25) is 10.2 Å². The van der Waals surface area contributed by atoms with Crippen molar-refractivity contribution in [3.63, 3.8) is 0 Å². The minimum atomic E-state index is -0.267. The van der Waals surface area contributed by atoms with E-state index in [0.717, 1.165) is 5.75 Å². The van der Waals surface area contributed by atoms with E-state index in [1.807, 2.05) is 6.26 Å². The standard InChI is InChI=1S/C16H20N8O3S2/c1-10-18-20-15(23(10)17)29-9-14(25)22-24-13(19-21-16(24)28-3)8-27-12-6-4-11(26-2)5-7-12/h4-7H,8-9,17H2,1-3H3,(H,22,25). The van der Waals surface area contributed by atoms with Gasteiger partial charge in [-0.25, -0.2) is 9.35 Å². The van der Waals surface area contributed by atoms with Gasteiger partial charge < -0.3 is 15.3 Å². The average Bonchev–Trinajstić information content (AvgIpc) is 3.27. The lowest BCUT2D eigenvalue weighted by molar-refractivity contribution is -0.114. The Kier molecular flexibility index (Phi) is 6.82. The highest BCUT2D eigenvalue weighted by Crippen LogP contribution is 2.19. The quantitative estimate of drug-likeness (QED) is 0.370. The van der Waals surface area contributed by atoms with E-state index in [2.05, 4.69) is 25.8 Å². The van der Waals surface area contributed by atoms with E-state index in [1.165, 1.54) is 32.9 Å². The second-order valence-electron chi connectivity index (χ2n) is 5.63. The number of amides is 1. The maximum Gasteiger partial charge on any atom is 0.249 e. The monoisotopic (exact) mass is 436 g/mol. The molecule has 0 atom stereocenters. The van der Waals surface area contributed by atoms with E-state index in [-0.39, 0.29) is 18.3 Å². The van der Waals surface area contributed by atoms with Crippen LogP contribution in [0.1, 0.15) is 11.6 Å². The maximum atomic E-state index is 12.4. The molecule has 154 valence electrons. The molecule has 0 spiro atoms. The van der Waals surface area contributed by atoms with Gasteiger partial charge in [0.05, 0.1) is 12.9 Å². The molecule has 0 saturated carbocycles. The number of nitrogens with two attached hydrogens (primary N) is 1. The topological polar surface area (TPSA) is 135 Å². The predicted octanol–water partition coefficient (Wildman–Crippen LogP) is 1.06. The zero-order valence-electron chi connectivity index (χ0n) is 16.0. The number of hydrogen-bond acceptors (Lipinski definition) is 10. The summed E-state index contributed by atoms with van der Waals surface area (Å²) in [6.45, 7) is 1.86. The number of aromatic nitrogens is 6. The summed E-state index contributed by atoms with van der Waals surface area (Å²) in [5, 5.41) is 16.9. The van der Waals surface area contributed by atoms with Gasteiger partial charge in [0.25, 0.3) is 0 Å². The molecule has 0 unspecified atom stereocenters. The minimum absolute atomic E-state index is 0.0973. The molecular formula is C16H20N8O3S2. The number of benzene rings is 1. The zero-order chi connectivity index (χ0) is 20.8. The van der Waals surface area contributed by atoms with Gasteiger partial charge in [-0.1, -0.05) is 23.5 Å². The van der Waals surface area contributed by atoms with Crippen LogP contribution in [0.25, 0.3) is 0 Å². The minimum Gasteiger partial charge on any atom is -0.497 e. The highest BCUT2D eigenvalue weighted by molar-refractivity contribution is 7.99. The van der Waals surface area contributed by atoms with Crippen molar-refractivity contribution in [1.82, 2.24) is 29.7 Å². The molecule has 2 aromatic heterocycles. The normalized spacial score (nSPS) is 10.7. The molecule has 0 fully saturated rings. The Morgan fingerprint density at radius 2 is 1.83 bits per heavy atom. The first-order chi connectivity index (χ1) is 14.0. The molecule has 0 bridgehead atoms. The highest BCUT2D eigenvalue weighted by atomic mass is 32.2. The fourth-order valence-electron chi connectivity index (χ4n) is 2.19. The molecule has 3 aromatic rings. The van der Waals surface area contributed by atoms with E-state index in [4.69, 9.17) is 15.3 Å². The Morgan fingerprint density at radius 3 is 2.45 bits per heavy atom. The van der Waals surface area contributed by atoms with Gasteiger partial charge in [-0.05, 0) is 37.4 Å². The molecule has 0 saturated heterocycles. The van der Waals surface area contributed by atoms with Crippen LogP contribution in [-0.4, -0.2) is 54.8 Å². The van der Waals surface area contributed by atoms with Gasteiger partial charge in [-0.2, -0.15) is 0 Å². The lowest BCUT2D eigenvalue weighted by atomic mass is 10.3. The van der Waals surface area contributed by atoms with E-state index in [1.54, 1.807) is 38.3 Å². The van der Waals surface area contributed by atoms with Gasteiger partial charge in [0.15, 0.2) is 5.82 Å². The Hall–Kier alpha value is -2.93. The van der Waals surface area contributed by atoms with Gasteiger partial charge >= 0.3 is 0 Å². The molecular weight excluding hydrogens is 416 g/mol. The molecule has 11 nitrogen and oxygen atoms in total. The van der Waals surface area contributed by atoms with E-state index >= 15 is 0 Å². The number of thioether (sulfide) groups is 2. The third-order valence-corrected chi connectivity index (χ3v) is 5.29. The summed E-state index contributed by atoms with van der Waals surface area (Å²) in [5.41, 5.74) is 2.77. The van der Waals surface area contributed by atoms with Crippen molar-refractivity contribution < 1.29 is 14.3 Å². The average molecular weight is 437 g/mol. The van der Waals surface area contributed by atoms with Crippen LogP contribution in [0.15, 0.2) is 34.6 Å². The summed E-state index contributed by atoms with van der Waals surface area (Å²) in [6, 6.07) is 7.17. The summed E-state index contributed by atoms with van der Waals surface area (Å²) in [5.74, 6) is 8.03. The van der Waals surface area contributed by atoms with Crippen LogP contribution < -0.4 is 20.7 Å². The first-order valence-electron chi connectivity index (χ1n) is 8.36. The number of hydrogen-bond donors (Lipinski definition) is 2. The van der Waals surface area contributed by atoms with Crippen molar-refractivity contribution >= 4 is 29.4 Å². The van der Waals surface area contributed by atoms with Crippen LogP contribution in [0.3, 0.4) is 0 Å². The second-order valence-corrected chi connectivity index (χ2v) is 7.34. The fourth-order valence-corrected chi connectivity index (χ4v) is 3.34. The Bertz CT molecular complexity index is 973. The molecule has 1 aromatic carbocycles. The molecule has 13 heteroatoms. The second kappa shape index (κ2) is 9.52. The molecule has 0 radical (unpaired) electrons. The van der Waals surface area contributed by atoms with Gasteiger partial charge in [0.1, 0.15) is 23.9 Å². The van der Waals surface area contributed by atoms with Crippen molar-refractivity contribution in [2.75, 3.05) is 30.4 Å². The number of methoxy groups -OCH3 is 1. The molecule has 0 aliphatic heterocycles. The van der Waals surface area contributed by atoms with Crippen LogP contribution in [0.4, 0.5) is 0 Å². The number of nitrogens with one attached hydrogen (secondary N) is 1. The number of aryl methyl sites for hydroxylation is 1. The number of carbonyl (C=O) groups excluding carboxylic acids is 1. The Balaban J connectivity index is 1.62. The van der Waals surface area contributed by atoms with Crippen molar-refractivity contribution in [3.05, 3.63) is 35.9 Å². The van der Waals surface area contributed by atoms with Crippen LogP contribution in [-0.2, 0) is 11.4 Å². The summed E-state index contributed by atoms with van der Waals surface area (Å²) < 4.78 is 13.7. The lowest BCUT2D eigenvalue weighted by Crippen LogP contribution is -2.27. The van der Waals surface area contributed by atoms with Crippen molar-refractivity contribution in [1.29, 1.82) is 0 Å². The number of ether oxygens (including phenoxy) is 2. The van der Waals surface area contributed by atoms with Crippen LogP contribution >= 0.6 is 23.5 Å². The Morgan fingerprint density at radius 1 is 1.14 bits per heavy atom. The third kappa shape index (κ3) is 5.12. The molecule has 3 rings (SSSR count). The van der Waals surface area contributed by atoms with E-state index < -0.39 is 0 Å². The largest absolute Gasteiger partial charge is 0.497 e. The van der Waals surface area contributed by atoms with Gasteiger partial charge in [-0.15, -0.1) is 20.4 Å². The molecule has 3 N–H and O–H groups in total. The van der Waals surface area contributed by atoms with Gasteiger partial charge in [0, 0.05) is 0 Å². The van der Waals surface area contributed by atoms with Crippen molar-refractivity contribution in [2.24, 2.45) is 0 Å². The maximum absolute atomic E-state index is 12.4. The predicted molar refractivity (Wildman–Crippen MR) is 109 cm³/mol.